The van der Waals surface area contributed by atoms with Gasteiger partial charge in [0.05, 0.1) is 21.5 Å². The number of aromatic nitrogens is 2. The molecule has 180 valence electrons. The van der Waals surface area contributed by atoms with E-state index in [1.165, 1.54) is 16.2 Å². The summed E-state index contributed by atoms with van der Waals surface area (Å²) in [5.74, 6) is -1.06. The zero-order valence-corrected chi connectivity index (χ0v) is 20.9. The summed E-state index contributed by atoms with van der Waals surface area (Å²) in [4.78, 5) is 37.2. The van der Waals surface area contributed by atoms with E-state index in [1.807, 2.05) is 19.9 Å². The number of aliphatic hydroxyl groups excluding tert-OH is 1. The van der Waals surface area contributed by atoms with Crippen molar-refractivity contribution in [1.29, 1.82) is 0 Å². The summed E-state index contributed by atoms with van der Waals surface area (Å²) in [6.45, 7) is 3.86. The first-order valence-corrected chi connectivity index (χ1v) is 12.6. The van der Waals surface area contributed by atoms with Gasteiger partial charge in [0, 0.05) is 23.2 Å². The molecule has 2 aromatic heterocycles. The molecule has 36 heavy (non-hydrogen) atoms. The van der Waals surface area contributed by atoms with Crippen molar-refractivity contribution in [2.45, 2.75) is 32.4 Å². The highest BCUT2D eigenvalue weighted by molar-refractivity contribution is 7.22. The second kappa shape index (κ2) is 8.43. The van der Waals surface area contributed by atoms with Crippen molar-refractivity contribution in [3.05, 3.63) is 87.7 Å². The van der Waals surface area contributed by atoms with Crippen molar-refractivity contribution in [3.63, 3.8) is 0 Å². The maximum absolute atomic E-state index is 13.4. The average molecular weight is 518 g/mol. The molecule has 1 fully saturated rings. The molecule has 6 rings (SSSR count). The van der Waals surface area contributed by atoms with E-state index in [4.69, 9.17) is 16.3 Å². The number of carbonyl (C=O) groups is 2. The van der Waals surface area contributed by atoms with E-state index < -0.39 is 17.7 Å². The van der Waals surface area contributed by atoms with Crippen LogP contribution in [0.3, 0.4) is 0 Å². The van der Waals surface area contributed by atoms with Crippen LogP contribution in [0.4, 0.5) is 5.13 Å². The lowest BCUT2D eigenvalue weighted by Crippen LogP contribution is -2.29. The van der Waals surface area contributed by atoms with E-state index in [0.717, 1.165) is 21.6 Å². The van der Waals surface area contributed by atoms with Crippen LogP contribution in [-0.4, -0.2) is 32.9 Å². The number of halogens is 1. The molecule has 4 heterocycles. The Morgan fingerprint density at radius 3 is 2.81 bits per heavy atom. The predicted octanol–water partition coefficient (Wildman–Crippen LogP) is 5.60. The number of aliphatic hydroxyl groups is 1. The van der Waals surface area contributed by atoms with Gasteiger partial charge in [-0.1, -0.05) is 29.0 Å². The minimum Gasteiger partial charge on any atom is -0.507 e. The number of amides is 1. The Morgan fingerprint density at radius 1 is 1.19 bits per heavy atom. The molecule has 2 aliphatic heterocycles. The number of rotatable bonds is 3. The Labute approximate surface area is 215 Å². The Bertz CT molecular complexity index is 1560. The molecule has 9 heteroatoms. The van der Waals surface area contributed by atoms with Crippen molar-refractivity contribution in [2.75, 3.05) is 4.90 Å². The van der Waals surface area contributed by atoms with Gasteiger partial charge in [-0.2, -0.15) is 0 Å². The van der Waals surface area contributed by atoms with Gasteiger partial charge in [-0.3, -0.25) is 19.5 Å². The first-order valence-electron chi connectivity index (χ1n) is 11.4. The maximum atomic E-state index is 13.4. The number of hydrogen-bond acceptors (Lipinski definition) is 7. The molecule has 0 bridgehead atoms. The topological polar surface area (TPSA) is 92.6 Å². The molecule has 7 nitrogen and oxygen atoms in total. The lowest BCUT2D eigenvalue weighted by Gasteiger charge is -2.22. The number of Topliss-reactive ketones (excluding diaryl/α,β-unsaturated/α-hetero) is 1. The highest BCUT2D eigenvalue weighted by Crippen LogP contribution is 2.44. The highest BCUT2D eigenvalue weighted by atomic mass is 35.5. The van der Waals surface area contributed by atoms with Crippen molar-refractivity contribution in [2.24, 2.45) is 0 Å². The summed E-state index contributed by atoms with van der Waals surface area (Å²) in [7, 11) is 0. The number of ether oxygens (including phenoxy) is 1. The van der Waals surface area contributed by atoms with Crippen molar-refractivity contribution < 1.29 is 19.4 Å². The summed E-state index contributed by atoms with van der Waals surface area (Å²) in [5.41, 5.74) is 3.31. The van der Waals surface area contributed by atoms with Gasteiger partial charge in [-0.15, -0.1) is 0 Å². The van der Waals surface area contributed by atoms with Crippen LogP contribution >= 0.6 is 22.9 Å². The second-order valence-electron chi connectivity index (χ2n) is 8.94. The Balaban J connectivity index is 1.53. The van der Waals surface area contributed by atoms with Crippen LogP contribution in [0.25, 0.3) is 16.0 Å². The molecule has 4 aromatic rings. The largest absolute Gasteiger partial charge is 0.507 e. The Hall–Kier alpha value is -3.75. The smallest absolute Gasteiger partial charge is 0.301 e. The van der Waals surface area contributed by atoms with Gasteiger partial charge in [0.25, 0.3) is 5.78 Å². The van der Waals surface area contributed by atoms with Gasteiger partial charge in [0.1, 0.15) is 23.7 Å². The minimum atomic E-state index is -0.938. The molecule has 2 atom stereocenters. The lowest BCUT2D eigenvalue weighted by molar-refractivity contribution is -0.132. The van der Waals surface area contributed by atoms with Gasteiger partial charge < -0.3 is 9.84 Å². The second-order valence-corrected chi connectivity index (χ2v) is 10.4. The third-order valence-corrected chi connectivity index (χ3v) is 7.87. The molecule has 2 aromatic carbocycles. The van der Waals surface area contributed by atoms with Crippen LogP contribution in [0, 0.1) is 6.92 Å². The summed E-state index contributed by atoms with van der Waals surface area (Å²) >= 11 is 7.57. The number of fused-ring (bicyclic) bond motifs is 2. The van der Waals surface area contributed by atoms with Crippen LogP contribution in [0.1, 0.15) is 35.3 Å². The fourth-order valence-corrected chi connectivity index (χ4v) is 5.94. The number of hydrogen-bond donors (Lipinski definition) is 1. The van der Waals surface area contributed by atoms with E-state index >= 15 is 0 Å². The molecular weight excluding hydrogens is 498 g/mol. The Kier molecular flexibility index (Phi) is 5.31. The fourth-order valence-electron chi connectivity index (χ4n) is 4.71. The van der Waals surface area contributed by atoms with Crippen LogP contribution in [0.5, 0.6) is 5.75 Å². The molecule has 0 radical (unpaired) electrons. The molecule has 2 unspecified atom stereocenters. The normalized spacial score (nSPS) is 20.7. The van der Waals surface area contributed by atoms with Crippen LogP contribution in [-0.2, 0) is 16.0 Å². The van der Waals surface area contributed by atoms with Crippen LogP contribution < -0.4 is 9.64 Å². The van der Waals surface area contributed by atoms with Crippen molar-refractivity contribution >= 4 is 55.7 Å². The number of pyridine rings is 1. The van der Waals surface area contributed by atoms with Gasteiger partial charge in [0.15, 0.2) is 5.13 Å². The van der Waals surface area contributed by atoms with E-state index in [9.17, 15) is 14.7 Å². The van der Waals surface area contributed by atoms with Crippen molar-refractivity contribution in [3.8, 4) is 5.75 Å². The third-order valence-electron chi connectivity index (χ3n) is 6.45. The molecule has 2 aliphatic rings. The molecule has 1 amide bonds. The minimum absolute atomic E-state index is 0.0286. The van der Waals surface area contributed by atoms with Crippen molar-refractivity contribution in [1.82, 2.24) is 9.97 Å². The van der Waals surface area contributed by atoms with Gasteiger partial charge in [-0.05, 0) is 67.4 Å². The number of aryl methyl sites for hydroxylation is 1. The van der Waals surface area contributed by atoms with Crippen LogP contribution in [0.15, 0.2) is 60.3 Å². The van der Waals surface area contributed by atoms with E-state index in [-0.39, 0.29) is 17.4 Å². The zero-order valence-electron chi connectivity index (χ0n) is 19.4. The number of anilines is 1. The molecule has 0 aliphatic carbocycles. The third kappa shape index (κ3) is 3.56. The highest BCUT2D eigenvalue weighted by Gasteiger charge is 2.49. The standard InChI is InChI=1S/C27H20ClN3O4S/c1-13-9-21-19(12-17(13)28)30-27(36-21)31-23(18-5-3-4-8-29-18)22(25(33)26(31)34)24(32)15-6-7-20-16(11-15)10-14(2)35-20/h3-9,11-12,14,23,32H,10H2,1-2H3/b24-22+. The molecule has 0 spiro atoms. The van der Waals surface area contributed by atoms with Gasteiger partial charge in [-0.25, -0.2) is 4.98 Å². The quantitative estimate of drug-likeness (QED) is 0.216. The summed E-state index contributed by atoms with van der Waals surface area (Å²) in [6, 6.07) is 13.2. The number of benzene rings is 2. The predicted molar refractivity (Wildman–Crippen MR) is 139 cm³/mol. The molecule has 1 saturated heterocycles. The summed E-state index contributed by atoms with van der Waals surface area (Å²) < 4.78 is 6.60. The molecule has 0 saturated carbocycles. The number of carbonyl (C=O) groups excluding carboxylic acids is 2. The van der Waals surface area contributed by atoms with Gasteiger partial charge >= 0.3 is 5.91 Å². The first kappa shape index (κ1) is 22.7. The van der Waals surface area contributed by atoms with Crippen LogP contribution in [0.2, 0.25) is 5.02 Å². The molecule has 1 N–H and O–H groups in total. The summed E-state index contributed by atoms with van der Waals surface area (Å²) in [5, 5.41) is 12.3. The molecular formula is C27H20ClN3O4S. The SMILES string of the molecule is Cc1cc2sc(N3C(=O)C(=O)/C(=C(/O)c4ccc5c(c4)CC(C)O5)C3c3ccccn3)nc2cc1Cl. The average Bonchev–Trinajstić information content (AvgIpc) is 3.52. The number of ketones is 1. The number of thiazole rings is 1. The zero-order chi connectivity index (χ0) is 25.1. The van der Waals surface area contributed by atoms with Gasteiger partial charge in [0.2, 0.25) is 0 Å². The van der Waals surface area contributed by atoms with E-state index in [1.54, 1.807) is 48.7 Å². The number of nitrogens with zero attached hydrogens (tertiary/aromatic N) is 3. The fraction of sp³-hybridized carbons (Fsp3) is 0.185. The lowest BCUT2D eigenvalue weighted by atomic mass is 9.97. The Morgan fingerprint density at radius 2 is 2.03 bits per heavy atom. The monoisotopic (exact) mass is 517 g/mol. The first-order chi connectivity index (χ1) is 17.3. The van der Waals surface area contributed by atoms with E-state index in [0.29, 0.717) is 33.3 Å². The summed E-state index contributed by atoms with van der Waals surface area (Å²) in [6.07, 6.45) is 2.32. The van der Waals surface area contributed by atoms with E-state index in [2.05, 4.69) is 9.97 Å². The maximum Gasteiger partial charge on any atom is 0.301 e.